The Hall–Kier alpha value is -2.71. The van der Waals surface area contributed by atoms with E-state index < -0.39 is 15.9 Å². The number of benzene rings is 2. The van der Waals surface area contributed by atoms with Crippen molar-refractivity contribution in [3.8, 4) is 5.75 Å². The molecule has 25 heavy (non-hydrogen) atoms. The summed E-state index contributed by atoms with van der Waals surface area (Å²) in [5, 5.41) is 12.9. The zero-order valence-electron chi connectivity index (χ0n) is 13.9. The van der Waals surface area contributed by atoms with Gasteiger partial charge in [0.1, 0.15) is 5.75 Å². The number of nitrogens with one attached hydrogen (secondary N) is 1. The van der Waals surface area contributed by atoms with Crippen LogP contribution in [0.4, 0.5) is 0 Å². The Morgan fingerprint density at radius 3 is 2.36 bits per heavy atom. The predicted molar refractivity (Wildman–Crippen MR) is 94.8 cm³/mol. The van der Waals surface area contributed by atoms with Crippen LogP contribution in [0.5, 0.6) is 5.75 Å². The molecule has 0 radical (unpaired) electrons. The molecule has 0 unspecified atom stereocenters. The van der Waals surface area contributed by atoms with Gasteiger partial charge >= 0.3 is 0 Å². The van der Waals surface area contributed by atoms with Gasteiger partial charge in [-0.05, 0) is 48.9 Å². The zero-order chi connectivity index (χ0) is 18.4. The SMILES string of the molecule is Cc1ccc(S(=O)(=O)N(C)CC(=O)N/N=C/c2ccc(O)cc2)cc1. The molecular weight excluding hydrogens is 342 g/mol. The van der Waals surface area contributed by atoms with Gasteiger partial charge in [0.15, 0.2) is 0 Å². The number of aromatic hydroxyl groups is 1. The minimum atomic E-state index is -3.74. The molecule has 2 aromatic rings. The molecule has 0 bridgehead atoms. The van der Waals surface area contributed by atoms with Crippen LogP contribution in [0.25, 0.3) is 0 Å². The third kappa shape index (κ3) is 5.13. The maximum absolute atomic E-state index is 12.4. The number of hydrogen-bond acceptors (Lipinski definition) is 5. The zero-order valence-corrected chi connectivity index (χ0v) is 14.7. The summed E-state index contributed by atoms with van der Waals surface area (Å²) in [5.41, 5.74) is 3.90. The van der Waals surface area contributed by atoms with Gasteiger partial charge in [-0.15, -0.1) is 0 Å². The molecule has 0 aromatic heterocycles. The molecule has 1 amide bonds. The molecule has 8 heteroatoms. The van der Waals surface area contributed by atoms with Crippen molar-refractivity contribution in [3.05, 3.63) is 59.7 Å². The molecule has 7 nitrogen and oxygen atoms in total. The number of aryl methyl sites for hydroxylation is 1. The number of hydrazone groups is 1. The molecule has 0 atom stereocenters. The number of hydrogen-bond donors (Lipinski definition) is 2. The number of rotatable bonds is 6. The number of carbonyl (C=O) groups excluding carboxylic acids is 1. The summed E-state index contributed by atoms with van der Waals surface area (Å²) in [6.07, 6.45) is 1.39. The van der Waals surface area contributed by atoms with E-state index in [1.807, 2.05) is 6.92 Å². The van der Waals surface area contributed by atoms with Gasteiger partial charge in [-0.3, -0.25) is 4.79 Å². The van der Waals surface area contributed by atoms with Gasteiger partial charge in [0.05, 0.1) is 17.7 Å². The van der Waals surface area contributed by atoms with E-state index in [9.17, 15) is 18.3 Å². The van der Waals surface area contributed by atoms with Crippen molar-refractivity contribution < 1.29 is 18.3 Å². The van der Waals surface area contributed by atoms with Crippen LogP contribution in [-0.4, -0.2) is 43.5 Å². The number of nitrogens with zero attached hydrogens (tertiary/aromatic N) is 2. The lowest BCUT2D eigenvalue weighted by molar-refractivity contribution is -0.121. The van der Waals surface area contributed by atoms with Gasteiger partial charge in [0.2, 0.25) is 10.0 Å². The van der Waals surface area contributed by atoms with Crippen molar-refractivity contribution in [1.29, 1.82) is 0 Å². The second kappa shape index (κ2) is 7.91. The Balaban J connectivity index is 1.95. The molecule has 132 valence electrons. The third-order valence-corrected chi connectivity index (χ3v) is 5.21. The molecule has 2 rings (SSSR count). The van der Waals surface area contributed by atoms with Gasteiger partial charge in [-0.25, -0.2) is 13.8 Å². The second-order valence-corrected chi connectivity index (χ2v) is 7.50. The average molecular weight is 361 g/mol. The average Bonchev–Trinajstić information content (AvgIpc) is 2.57. The number of likely N-dealkylation sites (N-methyl/N-ethyl adjacent to an activating group) is 1. The van der Waals surface area contributed by atoms with Gasteiger partial charge in [0.25, 0.3) is 5.91 Å². The minimum Gasteiger partial charge on any atom is -0.508 e. The first-order valence-electron chi connectivity index (χ1n) is 7.43. The predicted octanol–water partition coefficient (Wildman–Crippen LogP) is 1.47. The van der Waals surface area contributed by atoms with Crippen molar-refractivity contribution in [3.63, 3.8) is 0 Å². The summed E-state index contributed by atoms with van der Waals surface area (Å²) in [4.78, 5) is 12.0. The van der Waals surface area contributed by atoms with Crippen LogP contribution in [0, 0.1) is 6.92 Å². The van der Waals surface area contributed by atoms with Crippen LogP contribution in [0.3, 0.4) is 0 Å². The molecule has 0 heterocycles. The van der Waals surface area contributed by atoms with Gasteiger partial charge in [-0.2, -0.15) is 9.41 Å². The summed E-state index contributed by atoms with van der Waals surface area (Å²) >= 11 is 0. The van der Waals surface area contributed by atoms with E-state index in [1.165, 1.54) is 37.5 Å². The van der Waals surface area contributed by atoms with Crippen molar-refractivity contribution in [2.75, 3.05) is 13.6 Å². The van der Waals surface area contributed by atoms with E-state index in [4.69, 9.17) is 0 Å². The Kier molecular flexibility index (Phi) is 5.89. The van der Waals surface area contributed by atoms with Crippen LogP contribution in [0.1, 0.15) is 11.1 Å². The number of carbonyl (C=O) groups is 1. The lowest BCUT2D eigenvalue weighted by Gasteiger charge is -2.16. The standard InChI is InChI=1S/C17H19N3O4S/c1-13-3-9-16(10-4-13)25(23,24)20(2)12-17(22)19-18-11-14-5-7-15(21)8-6-14/h3-11,21H,12H2,1-2H3,(H,19,22)/b18-11+. The number of amides is 1. The van der Waals surface area contributed by atoms with Crippen LogP contribution >= 0.6 is 0 Å². The van der Waals surface area contributed by atoms with E-state index in [0.717, 1.165) is 9.87 Å². The summed E-state index contributed by atoms with van der Waals surface area (Å²) in [5.74, 6) is -0.433. The topological polar surface area (TPSA) is 99.1 Å². The van der Waals surface area contributed by atoms with Gasteiger partial charge in [0, 0.05) is 7.05 Å². The van der Waals surface area contributed by atoms with Crippen LogP contribution in [-0.2, 0) is 14.8 Å². The summed E-state index contributed by atoms with van der Waals surface area (Å²) in [6.45, 7) is 1.50. The third-order valence-electron chi connectivity index (χ3n) is 3.39. The molecule has 0 aliphatic carbocycles. The Bertz CT molecular complexity index is 860. The quantitative estimate of drug-likeness (QED) is 0.601. The van der Waals surface area contributed by atoms with Crippen LogP contribution < -0.4 is 5.43 Å². The molecule has 0 fully saturated rings. The summed E-state index contributed by atoms with van der Waals surface area (Å²) in [6, 6.07) is 12.6. The first-order chi connectivity index (χ1) is 11.8. The van der Waals surface area contributed by atoms with E-state index in [1.54, 1.807) is 24.3 Å². The largest absolute Gasteiger partial charge is 0.508 e. The maximum Gasteiger partial charge on any atom is 0.255 e. The highest BCUT2D eigenvalue weighted by Gasteiger charge is 2.22. The number of phenolic OH excluding ortho intramolecular Hbond substituents is 1. The molecule has 0 aliphatic rings. The summed E-state index contributed by atoms with van der Waals surface area (Å²) in [7, 11) is -2.41. The van der Waals surface area contributed by atoms with Crippen molar-refractivity contribution in [2.45, 2.75) is 11.8 Å². The fourth-order valence-corrected chi connectivity index (χ4v) is 3.08. The van der Waals surface area contributed by atoms with Crippen molar-refractivity contribution >= 4 is 22.1 Å². The normalized spacial score (nSPS) is 11.8. The lowest BCUT2D eigenvalue weighted by atomic mass is 10.2. The minimum absolute atomic E-state index is 0.126. The lowest BCUT2D eigenvalue weighted by Crippen LogP contribution is -2.36. The molecule has 0 saturated heterocycles. The molecule has 0 spiro atoms. The molecular formula is C17H19N3O4S. The highest BCUT2D eigenvalue weighted by atomic mass is 32.2. The van der Waals surface area contributed by atoms with Crippen molar-refractivity contribution in [1.82, 2.24) is 9.73 Å². The van der Waals surface area contributed by atoms with Crippen molar-refractivity contribution in [2.24, 2.45) is 5.10 Å². The fourth-order valence-electron chi connectivity index (χ4n) is 1.95. The Morgan fingerprint density at radius 1 is 1.16 bits per heavy atom. The Morgan fingerprint density at radius 2 is 1.76 bits per heavy atom. The van der Waals surface area contributed by atoms with E-state index in [2.05, 4.69) is 10.5 Å². The second-order valence-electron chi connectivity index (χ2n) is 5.46. The molecule has 0 saturated carbocycles. The maximum atomic E-state index is 12.4. The molecule has 2 aromatic carbocycles. The molecule has 2 N–H and O–H groups in total. The number of phenols is 1. The van der Waals surface area contributed by atoms with E-state index in [-0.39, 0.29) is 17.2 Å². The summed E-state index contributed by atoms with van der Waals surface area (Å²) < 4.78 is 25.7. The number of sulfonamides is 1. The van der Waals surface area contributed by atoms with E-state index >= 15 is 0 Å². The Labute approximate surface area is 146 Å². The molecule has 0 aliphatic heterocycles. The van der Waals surface area contributed by atoms with Gasteiger partial charge < -0.3 is 5.11 Å². The first-order valence-corrected chi connectivity index (χ1v) is 8.87. The highest BCUT2D eigenvalue weighted by Crippen LogP contribution is 2.14. The smallest absolute Gasteiger partial charge is 0.255 e. The van der Waals surface area contributed by atoms with Gasteiger partial charge in [-0.1, -0.05) is 17.7 Å². The van der Waals surface area contributed by atoms with Crippen LogP contribution in [0.15, 0.2) is 58.5 Å². The fraction of sp³-hybridized carbons (Fsp3) is 0.176. The highest BCUT2D eigenvalue weighted by molar-refractivity contribution is 7.89. The first kappa shape index (κ1) is 18.6. The van der Waals surface area contributed by atoms with E-state index in [0.29, 0.717) is 5.56 Å². The monoisotopic (exact) mass is 361 g/mol. The van der Waals surface area contributed by atoms with Crippen LogP contribution in [0.2, 0.25) is 0 Å².